The summed E-state index contributed by atoms with van der Waals surface area (Å²) in [6.45, 7) is 2.24. The van der Waals surface area contributed by atoms with Crippen LogP contribution in [0.15, 0.2) is 30.5 Å². The third-order valence-corrected chi connectivity index (χ3v) is 7.86. The molecule has 0 bridgehead atoms. The van der Waals surface area contributed by atoms with Crippen molar-refractivity contribution in [1.29, 1.82) is 0 Å². The summed E-state index contributed by atoms with van der Waals surface area (Å²) in [5.74, 6) is 1.85. The lowest BCUT2D eigenvalue weighted by atomic mass is 9.77. The number of Topliss-reactive ketones (excluding diaryl/α,β-unsaturated/α-hetero) is 1. The fourth-order valence-corrected chi connectivity index (χ4v) is 6.06. The average Bonchev–Trinajstić information content (AvgIpc) is 3.29. The molecule has 0 unspecified atom stereocenters. The highest BCUT2D eigenvalue weighted by molar-refractivity contribution is 6.05. The van der Waals surface area contributed by atoms with E-state index in [1.807, 2.05) is 18.2 Å². The number of likely N-dealkylation sites (tertiary alicyclic amines) is 1. The number of benzene rings is 1. The van der Waals surface area contributed by atoms with E-state index in [2.05, 4.69) is 12.2 Å². The number of ketones is 1. The molecule has 0 spiro atoms. The molecule has 2 aliphatic carbocycles. The monoisotopic (exact) mass is 436 g/mol. The molecule has 32 heavy (non-hydrogen) atoms. The Morgan fingerprint density at radius 2 is 1.88 bits per heavy atom. The molecule has 2 saturated carbocycles. The van der Waals surface area contributed by atoms with Crippen LogP contribution in [0.5, 0.6) is 0 Å². The molecule has 3 N–H and O–H groups in total. The second kappa shape index (κ2) is 8.26. The summed E-state index contributed by atoms with van der Waals surface area (Å²) >= 11 is 0. The van der Waals surface area contributed by atoms with E-state index >= 15 is 0 Å². The highest BCUT2D eigenvalue weighted by Crippen LogP contribution is 2.49. The van der Waals surface area contributed by atoms with Crippen LogP contribution in [0.4, 0.5) is 15.3 Å². The number of primary amides is 1. The molecule has 2 heterocycles. The standard InChI is InChI=1S/C25H32N4O3/c1-2-15-6-5-7-16(10-15)11-23(30)22-13-17-12-21(17)29(22)25(32)27-19-14-28(24(26)31)20-9-4-3-8-18(19)20/h3-4,8-9,14-17,21-22H,2,5-7,10-13H2,1H3,(H2,26,31)(H,27,32)/t15-,16+,17+,21+,22-/m0/s1. The third kappa shape index (κ3) is 3.78. The Hall–Kier alpha value is -2.83. The maximum atomic E-state index is 13.3. The number of aromatic nitrogens is 1. The molecule has 7 heteroatoms. The average molecular weight is 437 g/mol. The molecular formula is C25H32N4O3. The summed E-state index contributed by atoms with van der Waals surface area (Å²) in [6, 6.07) is 6.30. The van der Waals surface area contributed by atoms with Gasteiger partial charge in [-0.05, 0) is 43.1 Å². The second-order valence-electron chi connectivity index (χ2n) is 9.90. The van der Waals surface area contributed by atoms with Gasteiger partial charge in [0.05, 0.1) is 17.2 Å². The van der Waals surface area contributed by atoms with Crippen molar-refractivity contribution >= 4 is 34.4 Å². The molecule has 1 aromatic heterocycles. The van der Waals surface area contributed by atoms with Gasteiger partial charge in [0.2, 0.25) is 0 Å². The first-order valence-corrected chi connectivity index (χ1v) is 12.0. The van der Waals surface area contributed by atoms with Crippen LogP contribution in [0.25, 0.3) is 10.9 Å². The summed E-state index contributed by atoms with van der Waals surface area (Å²) in [5, 5.41) is 3.72. The van der Waals surface area contributed by atoms with Crippen molar-refractivity contribution in [2.75, 3.05) is 5.32 Å². The number of anilines is 1. The number of carbonyl (C=O) groups excluding carboxylic acids is 3. The quantitative estimate of drug-likeness (QED) is 0.708. The van der Waals surface area contributed by atoms with Gasteiger partial charge >= 0.3 is 12.1 Å². The summed E-state index contributed by atoms with van der Waals surface area (Å²) in [7, 11) is 0. The molecule has 7 nitrogen and oxygen atoms in total. The fourth-order valence-electron chi connectivity index (χ4n) is 6.06. The molecule has 5 rings (SSSR count). The maximum Gasteiger partial charge on any atom is 0.323 e. The first-order valence-electron chi connectivity index (χ1n) is 12.0. The Bertz CT molecular complexity index is 1060. The van der Waals surface area contributed by atoms with Crippen molar-refractivity contribution in [3.63, 3.8) is 0 Å². The SMILES string of the molecule is CC[C@H]1CCC[C@@H](CC(=O)[C@@H]2C[C@H]3C[C@H]3N2C(=O)Nc2cn(C(N)=O)c3ccccc23)C1. The lowest BCUT2D eigenvalue weighted by Crippen LogP contribution is -2.45. The number of urea groups is 1. The fraction of sp³-hybridized carbons (Fsp3) is 0.560. The van der Waals surface area contributed by atoms with E-state index < -0.39 is 6.03 Å². The van der Waals surface area contributed by atoms with E-state index in [0.29, 0.717) is 29.5 Å². The Kier molecular flexibility index (Phi) is 5.43. The number of amides is 3. The molecule has 3 fully saturated rings. The van der Waals surface area contributed by atoms with E-state index in [4.69, 9.17) is 5.73 Å². The second-order valence-corrected chi connectivity index (χ2v) is 9.90. The van der Waals surface area contributed by atoms with Gasteiger partial charge in [-0.2, -0.15) is 0 Å². The van der Waals surface area contributed by atoms with Gasteiger partial charge in [0.25, 0.3) is 0 Å². The zero-order valence-corrected chi connectivity index (χ0v) is 18.6. The minimum Gasteiger partial charge on any atom is -0.351 e. The number of nitrogens with two attached hydrogens (primary N) is 1. The van der Waals surface area contributed by atoms with Crippen LogP contribution in [-0.2, 0) is 4.79 Å². The van der Waals surface area contributed by atoms with Crippen molar-refractivity contribution < 1.29 is 14.4 Å². The third-order valence-electron chi connectivity index (χ3n) is 7.86. The van der Waals surface area contributed by atoms with E-state index in [0.717, 1.165) is 37.0 Å². The Labute approximate surface area is 188 Å². The van der Waals surface area contributed by atoms with Gasteiger partial charge < -0.3 is 16.0 Å². The van der Waals surface area contributed by atoms with Gasteiger partial charge in [0.1, 0.15) is 0 Å². The van der Waals surface area contributed by atoms with Gasteiger partial charge in [-0.15, -0.1) is 0 Å². The zero-order valence-electron chi connectivity index (χ0n) is 18.6. The van der Waals surface area contributed by atoms with Crippen LogP contribution >= 0.6 is 0 Å². The van der Waals surface area contributed by atoms with E-state index in [9.17, 15) is 14.4 Å². The predicted octanol–water partition coefficient (Wildman–Crippen LogP) is 4.74. The van der Waals surface area contributed by atoms with E-state index in [-0.39, 0.29) is 23.9 Å². The van der Waals surface area contributed by atoms with Crippen LogP contribution in [0.2, 0.25) is 0 Å². The molecule has 1 aliphatic heterocycles. The van der Waals surface area contributed by atoms with Gasteiger partial charge in [-0.3, -0.25) is 9.36 Å². The highest BCUT2D eigenvalue weighted by Gasteiger charge is 2.56. The molecule has 170 valence electrons. The van der Waals surface area contributed by atoms with Crippen LogP contribution < -0.4 is 11.1 Å². The minimum atomic E-state index is -0.601. The van der Waals surface area contributed by atoms with Crippen molar-refractivity contribution in [2.24, 2.45) is 23.5 Å². The topological polar surface area (TPSA) is 97.4 Å². The van der Waals surface area contributed by atoms with Crippen LogP contribution in [0, 0.1) is 17.8 Å². The van der Waals surface area contributed by atoms with Crippen molar-refractivity contribution in [3.05, 3.63) is 30.5 Å². The number of carbonyl (C=O) groups is 3. The Balaban J connectivity index is 1.32. The largest absolute Gasteiger partial charge is 0.351 e. The van der Waals surface area contributed by atoms with Gasteiger partial charge in [-0.1, -0.05) is 50.8 Å². The molecule has 1 saturated heterocycles. The number of nitrogens with one attached hydrogen (secondary N) is 1. The van der Waals surface area contributed by atoms with Crippen LogP contribution in [0.3, 0.4) is 0 Å². The number of rotatable bonds is 5. The van der Waals surface area contributed by atoms with Crippen LogP contribution in [0.1, 0.15) is 58.3 Å². The van der Waals surface area contributed by atoms with E-state index in [1.165, 1.54) is 23.8 Å². The molecule has 3 amide bonds. The van der Waals surface area contributed by atoms with Gasteiger partial charge in [-0.25, -0.2) is 9.59 Å². The number of hydrogen-bond donors (Lipinski definition) is 2. The minimum absolute atomic E-state index is 0.156. The maximum absolute atomic E-state index is 13.3. The Morgan fingerprint density at radius 1 is 1.09 bits per heavy atom. The lowest BCUT2D eigenvalue weighted by Gasteiger charge is -2.31. The summed E-state index contributed by atoms with van der Waals surface area (Å²) in [6.07, 6.45) is 9.85. The summed E-state index contributed by atoms with van der Waals surface area (Å²) < 4.78 is 1.34. The summed E-state index contributed by atoms with van der Waals surface area (Å²) in [4.78, 5) is 40.2. The smallest absolute Gasteiger partial charge is 0.323 e. The van der Waals surface area contributed by atoms with Crippen molar-refractivity contribution in [1.82, 2.24) is 9.47 Å². The first-order chi connectivity index (χ1) is 15.5. The highest BCUT2D eigenvalue weighted by atomic mass is 16.2. The number of fused-ring (bicyclic) bond motifs is 2. The molecule has 3 aliphatic rings. The van der Waals surface area contributed by atoms with Gasteiger partial charge in [0.15, 0.2) is 5.78 Å². The number of piperidine rings is 1. The molecule has 2 aromatic rings. The summed E-state index contributed by atoms with van der Waals surface area (Å²) in [5.41, 5.74) is 6.69. The number of para-hydroxylation sites is 1. The van der Waals surface area contributed by atoms with Crippen LogP contribution in [-0.4, -0.2) is 39.4 Å². The Morgan fingerprint density at radius 3 is 2.66 bits per heavy atom. The number of hydrogen-bond acceptors (Lipinski definition) is 3. The zero-order chi connectivity index (χ0) is 22.4. The molecule has 5 atom stereocenters. The number of nitrogens with zero attached hydrogens (tertiary/aromatic N) is 2. The lowest BCUT2D eigenvalue weighted by molar-refractivity contribution is -0.124. The van der Waals surface area contributed by atoms with Crippen molar-refractivity contribution in [2.45, 2.75) is 70.4 Å². The molecule has 1 aromatic carbocycles. The molecular weight excluding hydrogens is 404 g/mol. The van der Waals surface area contributed by atoms with E-state index in [1.54, 1.807) is 17.2 Å². The predicted molar refractivity (Wildman–Crippen MR) is 123 cm³/mol. The normalized spacial score (nSPS) is 29.0. The molecule has 0 radical (unpaired) electrons. The van der Waals surface area contributed by atoms with Gasteiger partial charge in [0, 0.05) is 24.0 Å². The van der Waals surface area contributed by atoms with Crippen molar-refractivity contribution in [3.8, 4) is 0 Å². The first kappa shape index (κ1) is 21.0.